The number of ether oxygens (including phenoxy) is 1. The topological polar surface area (TPSA) is 59.5 Å². The van der Waals surface area contributed by atoms with E-state index in [4.69, 9.17) is 9.72 Å². The van der Waals surface area contributed by atoms with Crippen molar-refractivity contribution in [3.05, 3.63) is 41.1 Å². The number of nitrogens with zero attached hydrogens (tertiary/aromatic N) is 2. The molecule has 1 aromatic carbocycles. The van der Waals surface area contributed by atoms with Gasteiger partial charge in [0.1, 0.15) is 0 Å². The van der Waals surface area contributed by atoms with E-state index in [2.05, 4.69) is 27.7 Å². The number of carbonyl (C=O) groups is 2. The van der Waals surface area contributed by atoms with Crippen LogP contribution in [0.4, 0.5) is 0 Å². The van der Waals surface area contributed by atoms with Gasteiger partial charge in [-0.1, -0.05) is 39.0 Å². The Hall–Kier alpha value is -2.43. The molecule has 1 aromatic heterocycles. The number of pyridine rings is 1. The van der Waals surface area contributed by atoms with Gasteiger partial charge in [0.25, 0.3) is 5.91 Å². The van der Waals surface area contributed by atoms with E-state index in [1.165, 1.54) is 0 Å². The number of esters is 1. The molecule has 5 heteroatoms. The highest BCUT2D eigenvalue weighted by atomic mass is 16.5. The van der Waals surface area contributed by atoms with E-state index in [1.807, 2.05) is 29.2 Å². The van der Waals surface area contributed by atoms with Gasteiger partial charge in [-0.25, -0.2) is 4.79 Å². The molecule has 0 radical (unpaired) electrons. The Kier molecular flexibility index (Phi) is 6.05. The summed E-state index contributed by atoms with van der Waals surface area (Å²) in [4.78, 5) is 32.8. The second-order valence-corrected chi connectivity index (χ2v) is 10.2. The van der Waals surface area contributed by atoms with Crippen molar-refractivity contribution < 1.29 is 14.3 Å². The van der Waals surface area contributed by atoms with Crippen LogP contribution < -0.4 is 0 Å². The Balaban J connectivity index is 1.63. The largest absolute Gasteiger partial charge is 0.452 e. The third kappa shape index (κ3) is 4.46. The third-order valence-electron chi connectivity index (χ3n) is 7.14. The van der Waals surface area contributed by atoms with Crippen molar-refractivity contribution in [1.29, 1.82) is 0 Å². The Bertz CT molecular complexity index is 992. The van der Waals surface area contributed by atoms with Gasteiger partial charge in [0.05, 0.1) is 11.1 Å². The molecule has 1 amide bonds. The molecule has 1 aliphatic carbocycles. The number of benzene rings is 1. The number of aromatic nitrogens is 1. The van der Waals surface area contributed by atoms with Crippen LogP contribution in [0.25, 0.3) is 10.9 Å². The first-order valence-electron chi connectivity index (χ1n) is 11.6. The molecule has 1 saturated heterocycles. The van der Waals surface area contributed by atoms with Crippen LogP contribution in [-0.4, -0.2) is 41.0 Å². The van der Waals surface area contributed by atoms with Crippen molar-refractivity contribution in [2.75, 3.05) is 13.2 Å². The number of hydrogen-bond donors (Lipinski definition) is 0. The first-order valence-corrected chi connectivity index (χ1v) is 11.6. The van der Waals surface area contributed by atoms with Gasteiger partial charge < -0.3 is 9.64 Å². The lowest BCUT2D eigenvalue weighted by molar-refractivity contribution is -0.137. The van der Waals surface area contributed by atoms with E-state index in [0.29, 0.717) is 11.5 Å². The Morgan fingerprint density at radius 3 is 2.68 bits per heavy atom. The normalized spacial score (nSPS) is 21.6. The summed E-state index contributed by atoms with van der Waals surface area (Å²) in [6, 6.07) is 7.97. The molecule has 1 aliphatic heterocycles. The molecule has 166 valence electrons. The minimum Gasteiger partial charge on any atom is -0.452 e. The predicted octanol–water partition coefficient (Wildman–Crippen LogP) is 4.94. The highest BCUT2D eigenvalue weighted by molar-refractivity contribution is 6.05. The van der Waals surface area contributed by atoms with Crippen LogP contribution in [-0.2, 0) is 22.4 Å². The van der Waals surface area contributed by atoms with Crippen molar-refractivity contribution in [2.45, 2.75) is 72.3 Å². The molecule has 0 saturated carbocycles. The van der Waals surface area contributed by atoms with Gasteiger partial charge >= 0.3 is 5.97 Å². The van der Waals surface area contributed by atoms with Gasteiger partial charge in [0, 0.05) is 23.7 Å². The number of fused-ring (bicyclic) bond motifs is 2. The predicted molar refractivity (Wildman–Crippen MR) is 122 cm³/mol. The van der Waals surface area contributed by atoms with Crippen molar-refractivity contribution in [2.24, 2.45) is 11.3 Å². The van der Waals surface area contributed by atoms with Gasteiger partial charge in [0.2, 0.25) is 0 Å². The number of piperidine rings is 1. The summed E-state index contributed by atoms with van der Waals surface area (Å²) in [6.07, 6.45) is 5.93. The van der Waals surface area contributed by atoms with Crippen LogP contribution >= 0.6 is 0 Å². The van der Waals surface area contributed by atoms with E-state index in [0.717, 1.165) is 67.2 Å². The van der Waals surface area contributed by atoms with Crippen LogP contribution in [0.2, 0.25) is 0 Å². The molecule has 2 aliphatic rings. The zero-order valence-electron chi connectivity index (χ0n) is 19.2. The SMILES string of the molecule is C[C@@H]1CCCCN1C(=O)COC(=O)c1c2c(nc3ccccc13)CC[C@H](C(C)(C)C)C2. The summed E-state index contributed by atoms with van der Waals surface area (Å²) >= 11 is 0. The van der Waals surface area contributed by atoms with E-state index < -0.39 is 5.97 Å². The van der Waals surface area contributed by atoms with Crippen LogP contribution in [0.1, 0.15) is 75.0 Å². The number of amides is 1. The molecule has 0 N–H and O–H groups in total. The zero-order valence-corrected chi connectivity index (χ0v) is 19.2. The van der Waals surface area contributed by atoms with Crippen molar-refractivity contribution in [3.8, 4) is 0 Å². The highest BCUT2D eigenvalue weighted by Crippen LogP contribution is 2.39. The monoisotopic (exact) mass is 422 g/mol. The summed E-state index contributed by atoms with van der Waals surface area (Å²) in [7, 11) is 0. The van der Waals surface area contributed by atoms with Crippen molar-refractivity contribution in [1.82, 2.24) is 9.88 Å². The maximum absolute atomic E-state index is 13.3. The summed E-state index contributed by atoms with van der Waals surface area (Å²) in [5, 5.41) is 0.819. The van der Waals surface area contributed by atoms with Crippen LogP contribution in [0, 0.1) is 11.3 Å². The molecule has 1 fully saturated rings. The van der Waals surface area contributed by atoms with E-state index >= 15 is 0 Å². The number of hydrogen-bond acceptors (Lipinski definition) is 4. The van der Waals surface area contributed by atoms with Gasteiger partial charge in [-0.05, 0) is 68.4 Å². The van der Waals surface area contributed by atoms with E-state index in [-0.39, 0.29) is 24.0 Å². The van der Waals surface area contributed by atoms with Gasteiger partial charge in [0.15, 0.2) is 6.61 Å². The fraction of sp³-hybridized carbons (Fsp3) is 0.577. The average Bonchev–Trinajstić information content (AvgIpc) is 2.74. The number of carbonyl (C=O) groups excluding carboxylic acids is 2. The maximum Gasteiger partial charge on any atom is 0.339 e. The number of rotatable bonds is 3. The van der Waals surface area contributed by atoms with Crippen LogP contribution in [0.3, 0.4) is 0 Å². The number of para-hydroxylation sites is 1. The summed E-state index contributed by atoms with van der Waals surface area (Å²) < 4.78 is 5.63. The molecule has 31 heavy (non-hydrogen) atoms. The lowest BCUT2D eigenvalue weighted by Crippen LogP contribution is -2.44. The molecule has 2 heterocycles. The maximum atomic E-state index is 13.3. The van der Waals surface area contributed by atoms with Crippen LogP contribution in [0.15, 0.2) is 24.3 Å². The number of likely N-dealkylation sites (tertiary alicyclic amines) is 1. The third-order valence-corrected chi connectivity index (χ3v) is 7.14. The lowest BCUT2D eigenvalue weighted by atomic mass is 9.70. The number of aryl methyl sites for hydroxylation is 1. The molecule has 4 rings (SSSR count). The second kappa shape index (κ2) is 8.60. The average molecular weight is 423 g/mol. The molecule has 0 unspecified atom stereocenters. The fourth-order valence-electron chi connectivity index (χ4n) is 5.11. The first-order chi connectivity index (χ1) is 14.8. The van der Waals surface area contributed by atoms with E-state index in [1.54, 1.807) is 0 Å². The molecular weight excluding hydrogens is 388 g/mol. The Morgan fingerprint density at radius 2 is 1.94 bits per heavy atom. The summed E-state index contributed by atoms with van der Waals surface area (Å²) in [6.45, 7) is 9.39. The molecule has 2 aromatic rings. The second-order valence-electron chi connectivity index (χ2n) is 10.2. The highest BCUT2D eigenvalue weighted by Gasteiger charge is 2.33. The van der Waals surface area contributed by atoms with Gasteiger partial charge in [-0.3, -0.25) is 9.78 Å². The molecule has 5 nitrogen and oxygen atoms in total. The molecular formula is C26H34N2O3. The van der Waals surface area contributed by atoms with Gasteiger partial charge in [-0.15, -0.1) is 0 Å². The lowest BCUT2D eigenvalue weighted by Gasteiger charge is -2.35. The molecule has 2 atom stereocenters. The minimum atomic E-state index is -0.401. The minimum absolute atomic E-state index is 0.0969. The molecule has 0 spiro atoms. The Labute approximate surface area is 185 Å². The van der Waals surface area contributed by atoms with E-state index in [9.17, 15) is 9.59 Å². The van der Waals surface area contributed by atoms with Gasteiger partial charge in [-0.2, -0.15) is 0 Å². The zero-order chi connectivity index (χ0) is 22.2. The molecule has 0 bridgehead atoms. The van der Waals surface area contributed by atoms with Crippen LogP contribution in [0.5, 0.6) is 0 Å². The summed E-state index contributed by atoms with van der Waals surface area (Å²) in [5.41, 5.74) is 3.59. The Morgan fingerprint density at radius 1 is 1.16 bits per heavy atom. The quantitative estimate of drug-likeness (QED) is 0.657. The first kappa shape index (κ1) is 21.8. The van der Waals surface area contributed by atoms with Crippen molar-refractivity contribution >= 4 is 22.8 Å². The standard InChI is InChI=1S/C26H34N2O3/c1-17-9-7-8-14-28(17)23(29)16-31-25(30)24-19-10-5-6-11-21(19)27-22-13-12-18(15-20(22)24)26(2,3)4/h5-6,10-11,17-18H,7-9,12-16H2,1-4H3/t17-,18+/m1/s1. The fourth-order valence-corrected chi connectivity index (χ4v) is 5.11. The smallest absolute Gasteiger partial charge is 0.339 e. The van der Waals surface area contributed by atoms with Crippen molar-refractivity contribution in [3.63, 3.8) is 0 Å². The summed E-state index contributed by atoms with van der Waals surface area (Å²) in [5.74, 6) is -0.0203.